The Morgan fingerprint density at radius 2 is 1.79 bits per heavy atom. The van der Waals surface area contributed by atoms with Crippen molar-refractivity contribution >= 4 is 0 Å². The number of piperidine rings is 1. The van der Waals surface area contributed by atoms with Crippen molar-refractivity contribution in [1.82, 2.24) is 10.2 Å². The van der Waals surface area contributed by atoms with Crippen molar-refractivity contribution in [2.24, 2.45) is 23.2 Å². The molecule has 2 heterocycles. The van der Waals surface area contributed by atoms with Gasteiger partial charge in [-0.15, -0.1) is 0 Å². The Labute approximate surface area is 119 Å². The fraction of sp³-hybridized carbons (Fsp3) is 1.00. The second-order valence-corrected chi connectivity index (χ2v) is 8.31. The molecule has 1 saturated carbocycles. The number of hydrogen-bond acceptors (Lipinski definition) is 2. The van der Waals surface area contributed by atoms with Crippen molar-refractivity contribution in [3.05, 3.63) is 0 Å². The summed E-state index contributed by atoms with van der Waals surface area (Å²) in [6.45, 7) is 12.5. The summed E-state index contributed by atoms with van der Waals surface area (Å²) in [7, 11) is 0. The van der Waals surface area contributed by atoms with E-state index in [2.05, 4.69) is 31.0 Å². The third-order valence-electron chi connectivity index (χ3n) is 6.14. The van der Waals surface area contributed by atoms with Gasteiger partial charge in [0.1, 0.15) is 0 Å². The van der Waals surface area contributed by atoms with Gasteiger partial charge in [-0.1, -0.05) is 27.2 Å². The van der Waals surface area contributed by atoms with Gasteiger partial charge < -0.3 is 10.2 Å². The van der Waals surface area contributed by atoms with E-state index >= 15 is 0 Å². The molecule has 0 spiro atoms. The van der Waals surface area contributed by atoms with E-state index in [1.807, 2.05) is 0 Å². The van der Waals surface area contributed by atoms with Gasteiger partial charge in [0.15, 0.2) is 0 Å². The van der Waals surface area contributed by atoms with Gasteiger partial charge in [0.2, 0.25) is 0 Å². The normalized spacial score (nSPS) is 37.7. The van der Waals surface area contributed by atoms with E-state index in [0.717, 1.165) is 23.8 Å². The lowest BCUT2D eigenvalue weighted by Gasteiger charge is -2.40. The quantitative estimate of drug-likeness (QED) is 0.824. The number of nitrogens with one attached hydrogen (secondary N) is 1. The Bertz CT molecular complexity index is 299. The minimum atomic E-state index is 0.508. The first kappa shape index (κ1) is 13.9. The molecular weight excluding hydrogens is 232 g/mol. The van der Waals surface area contributed by atoms with Crippen molar-refractivity contribution in [2.45, 2.75) is 58.9 Å². The van der Waals surface area contributed by atoms with Crippen LogP contribution in [0.4, 0.5) is 0 Å². The third-order valence-corrected chi connectivity index (χ3v) is 6.14. The predicted molar refractivity (Wildman–Crippen MR) is 81.2 cm³/mol. The summed E-state index contributed by atoms with van der Waals surface area (Å²) < 4.78 is 0. The van der Waals surface area contributed by atoms with Crippen molar-refractivity contribution in [1.29, 1.82) is 0 Å². The molecular formula is C17H32N2. The molecule has 2 saturated heterocycles. The fourth-order valence-corrected chi connectivity index (χ4v) is 4.76. The van der Waals surface area contributed by atoms with E-state index in [9.17, 15) is 0 Å². The summed E-state index contributed by atoms with van der Waals surface area (Å²) in [6.07, 6.45) is 7.27. The number of fused-ring (bicyclic) bond motifs is 1. The zero-order valence-electron chi connectivity index (χ0n) is 13.1. The average molecular weight is 264 g/mol. The lowest BCUT2D eigenvalue weighted by Crippen LogP contribution is -2.45. The largest absolute Gasteiger partial charge is 0.312 e. The first-order valence-electron chi connectivity index (χ1n) is 8.50. The van der Waals surface area contributed by atoms with E-state index in [4.69, 9.17) is 0 Å². The minimum absolute atomic E-state index is 0.508. The highest BCUT2D eigenvalue weighted by atomic mass is 15.2. The Hall–Kier alpha value is -0.0800. The molecule has 0 radical (unpaired) electrons. The van der Waals surface area contributed by atoms with Crippen molar-refractivity contribution in [3.63, 3.8) is 0 Å². The molecule has 0 amide bonds. The Morgan fingerprint density at radius 3 is 2.47 bits per heavy atom. The maximum absolute atomic E-state index is 3.81. The maximum atomic E-state index is 3.81. The topological polar surface area (TPSA) is 15.3 Å². The van der Waals surface area contributed by atoms with Crippen LogP contribution in [-0.4, -0.2) is 37.1 Å². The van der Waals surface area contributed by atoms with Crippen LogP contribution in [0.1, 0.15) is 52.9 Å². The molecule has 3 atom stereocenters. The van der Waals surface area contributed by atoms with Gasteiger partial charge in [-0.3, -0.25) is 0 Å². The number of likely N-dealkylation sites (tertiary alicyclic amines) is 1. The van der Waals surface area contributed by atoms with Gasteiger partial charge in [0, 0.05) is 12.6 Å². The molecule has 3 rings (SSSR count). The van der Waals surface area contributed by atoms with Crippen LogP contribution in [-0.2, 0) is 0 Å². The Kier molecular flexibility index (Phi) is 3.92. The SMILES string of the molecule is CC(C)(C)C1CCN(CC2NCC3CCCC32)CC1. The van der Waals surface area contributed by atoms with Crippen molar-refractivity contribution in [3.8, 4) is 0 Å². The molecule has 3 unspecified atom stereocenters. The fourth-order valence-electron chi connectivity index (χ4n) is 4.76. The van der Waals surface area contributed by atoms with Crippen LogP contribution < -0.4 is 5.32 Å². The standard InChI is InChI=1S/C17H32N2/c1-17(2,3)14-7-9-19(10-8-14)12-16-15-6-4-5-13(15)11-18-16/h13-16,18H,4-12H2,1-3H3. The number of hydrogen-bond donors (Lipinski definition) is 1. The highest BCUT2D eigenvalue weighted by Crippen LogP contribution is 2.39. The van der Waals surface area contributed by atoms with Crippen LogP contribution in [0.15, 0.2) is 0 Å². The molecule has 3 aliphatic rings. The van der Waals surface area contributed by atoms with Gasteiger partial charge in [-0.2, -0.15) is 0 Å². The predicted octanol–water partition coefficient (Wildman–Crippen LogP) is 3.13. The van der Waals surface area contributed by atoms with E-state index in [0.29, 0.717) is 5.41 Å². The summed E-state index contributed by atoms with van der Waals surface area (Å²) in [5.41, 5.74) is 0.508. The zero-order valence-corrected chi connectivity index (χ0v) is 13.1. The monoisotopic (exact) mass is 264 g/mol. The summed E-state index contributed by atoms with van der Waals surface area (Å²) in [4.78, 5) is 2.74. The van der Waals surface area contributed by atoms with Crippen LogP contribution in [0, 0.1) is 23.2 Å². The molecule has 3 fully saturated rings. The lowest BCUT2D eigenvalue weighted by atomic mass is 9.75. The molecule has 0 aromatic rings. The Balaban J connectivity index is 1.47. The third kappa shape index (κ3) is 3.00. The molecule has 2 aliphatic heterocycles. The molecule has 2 nitrogen and oxygen atoms in total. The van der Waals surface area contributed by atoms with Gasteiger partial charge in [-0.05, 0) is 68.5 Å². The molecule has 0 aromatic heterocycles. The molecule has 2 heteroatoms. The molecule has 0 bridgehead atoms. The smallest absolute Gasteiger partial charge is 0.0226 e. The second-order valence-electron chi connectivity index (χ2n) is 8.31. The molecule has 1 N–H and O–H groups in total. The average Bonchev–Trinajstić information content (AvgIpc) is 2.94. The number of rotatable bonds is 2. The summed E-state index contributed by atoms with van der Waals surface area (Å²) in [5.74, 6) is 2.94. The van der Waals surface area contributed by atoms with E-state index in [1.54, 1.807) is 0 Å². The minimum Gasteiger partial charge on any atom is -0.312 e. The van der Waals surface area contributed by atoms with Gasteiger partial charge >= 0.3 is 0 Å². The first-order chi connectivity index (χ1) is 9.04. The Morgan fingerprint density at radius 1 is 1.05 bits per heavy atom. The highest BCUT2D eigenvalue weighted by Gasteiger charge is 2.40. The summed E-state index contributed by atoms with van der Waals surface area (Å²) in [6, 6.07) is 0.804. The summed E-state index contributed by atoms with van der Waals surface area (Å²) in [5, 5.41) is 3.81. The second kappa shape index (κ2) is 5.37. The van der Waals surface area contributed by atoms with E-state index in [1.165, 1.54) is 58.3 Å². The number of nitrogens with zero attached hydrogens (tertiary/aromatic N) is 1. The molecule has 1 aliphatic carbocycles. The van der Waals surface area contributed by atoms with Gasteiger partial charge in [-0.25, -0.2) is 0 Å². The summed E-state index contributed by atoms with van der Waals surface area (Å²) >= 11 is 0. The van der Waals surface area contributed by atoms with Crippen LogP contribution in [0.3, 0.4) is 0 Å². The van der Waals surface area contributed by atoms with Crippen LogP contribution in [0.2, 0.25) is 0 Å². The van der Waals surface area contributed by atoms with Crippen molar-refractivity contribution in [2.75, 3.05) is 26.2 Å². The van der Waals surface area contributed by atoms with Gasteiger partial charge in [0.25, 0.3) is 0 Å². The maximum Gasteiger partial charge on any atom is 0.0226 e. The lowest BCUT2D eigenvalue weighted by molar-refractivity contribution is 0.102. The zero-order chi connectivity index (χ0) is 13.5. The van der Waals surface area contributed by atoms with E-state index in [-0.39, 0.29) is 0 Å². The van der Waals surface area contributed by atoms with Crippen LogP contribution in [0.5, 0.6) is 0 Å². The molecule has 110 valence electrons. The highest BCUT2D eigenvalue weighted by molar-refractivity contribution is 4.96. The molecule has 0 aromatic carbocycles. The van der Waals surface area contributed by atoms with Crippen molar-refractivity contribution < 1.29 is 0 Å². The first-order valence-corrected chi connectivity index (χ1v) is 8.50. The van der Waals surface area contributed by atoms with Crippen LogP contribution in [0.25, 0.3) is 0 Å². The van der Waals surface area contributed by atoms with Crippen LogP contribution >= 0.6 is 0 Å². The van der Waals surface area contributed by atoms with Gasteiger partial charge in [0.05, 0.1) is 0 Å². The van der Waals surface area contributed by atoms with E-state index < -0.39 is 0 Å². The molecule has 19 heavy (non-hydrogen) atoms.